The molecule has 3 heterocycles. The Labute approximate surface area is 242 Å². The third kappa shape index (κ3) is 6.89. The van der Waals surface area contributed by atoms with E-state index in [1.165, 1.54) is 12.1 Å². The van der Waals surface area contributed by atoms with Crippen molar-refractivity contribution in [1.82, 2.24) is 14.7 Å². The molecule has 9 nitrogen and oxygen atoms in total. The Hall–Kier alpha value is -3.58. The van der Waals surface area contributed by atoms with Crippen molar-refractivity contribution in [1.29, 1.82) is 0 Å². The molecule has 13 heteroatoms. The summed E-state index contributed by atoms with van der Waals surface area (Å²) in [7, 11) is 5.57. The molecule has 3 amide bonds. The molecule has 1 aromatic carbocycles. The summed E-state index contributed by atoms with van der Waals surface area (Å²) in [4.78, 5) is 48.2. The number of aliphatic imine (C=N–C) groups is 1. The fourth-order valence-electron chi connectivity index (χ4n) is 5.45. The number of likely N-dealkylation sites (N-methyl/N-ethyl adjacent to an activating group) is 2. The number of benzene rings is 1. The number of nitrogens with one attached hydrogen (secondary N) is 1. The highest BCUT2D eigenvalue weighted by Gasteiger charge is 2.43. The summed E-state index contributed by atoms with van der Waals surface area (Å²) in [5.74, 6) is -4.58. The highest BCUT2D eigenvalue weighted by molar-refractivity contribution is 6.11. The monoisotopic (exact) mass is 592 g/mol. The van der Waals surface area contributed by atoms with Gasteiger partial charge in [-0.3, -0.25) is 19.3 Å². The van der Waals surface area contributed by atoms with Crippen LogP contribution in [0.25, 0.3) is 5.57 Å². The van der Waals surface area contributed by atoms with Crippen LogP contribution < -0.4 is 10.2 Å². The SMILES string of the molecule is C[C@@H]1CN(c2cc(F)c(C3=CCN(C(=O)CN(C)C)CC3)cc2NC(=O)C2C=NC(=O)C=C2C(F)(F)F)C[C@H](C)N1C. The number of dihydropyridines is 1. The maximum absolute atomic E-state index is 15.7. The van der Waals surface area contributed by atoms with Crippen LogP contribution in [-0.2, 0) is 14.4 Å². The Bertz CT molecular complexity index is 1330. The van der Waals surface area contributed by atoms with E-state index in [1.54, 1.807) is 30.0 Å². The lowest BCUT2D eigenvalue weighted by Crippen LogP contribution is -2.55. The lowest BCUT2D eigenvalue weighted by molar-refractivity contribution is -0.131. The Morgan fingerprint density at radius 2 is 1.81 bits per heavy atom. The third-order valence-corrected chi connectivity index (χ3v) is 7.98. The number of hydrogen-bond acceptors (Lipinski definition) is 6. The molecule has 0 bridgehead atoms. The van der Waals surface area contributed by atoms with Crippen LogP contribution in [0.4, 0.5) is 28.9 Å². The normalized spacial score (nSPS) is 23.7. The molecule has 3 aliphatic rings. The molecule has 0 aromatic heterocycles. The minimum absolute atomic E-state index is 0.0569. The van der Waals surface area contributed by atoms with E-state index in [0.29, 0.717) is 49.6 Å². The van der Waals surface area contributed by atoms with Crippen molar-refractivity contribution in [3.05, 3.63) is 41.2 Å². The topological polar surface area (TPSA) is 88.6 Å². The van der Waals surface area contributed by atoms with Crippen molar-refractivity contribution >= 4 is 40.9 Å². The van der Waals surface area contributed by atoms with E-state index in [4.69, 9.17) is 0 Å². The predicted molar refractivity (Wildman–Crippen MR) is 153 cm³/mol. The standard InChI is InChI=1S/C29H36F4N6O3/c1-17-14-39(15-18(2)37(17)5)25-12-23(30)20(19-6-8-38(9-7-19)27(41)16-36(3)4)10-24(25)35-28(42)21-13-34-26(40)11-22(21)29(31,32)33/h6,10-13,17-18,21H,7-9,14-16H2,1-5H3,(H,35,42)/t17-,18+,21?. The van der Waals surface area contributed by atoms with Crippen LogP contribution in [0, 0.1) is 11.7 Å². The molecule has 1 unspecified atom stereocenters. The van der Waals surface area contributed by atoms with Crippen molar-refractivity contribution in [2.45, 2.75) is 38.5 Å². The van der Waals surface area contributed by atoms with Crippen LogP contribution in [0.15, 0.2) is 34.9 Å². The van der Waals surface area contributed by atoms with Crippen molar-refractivity contribution in [2.75, 3.05) is 64.1 Å². The molecular formula is C29H36F4N6O3. The number of halogens is 4. The fraction of sp³-hybridized carbons (Fsp3) is 0.517. The summed E-state index contributed by atoms with van der Waals surface area (Å²) in [6.07, 6.45) is -1.80. The first-order chi connectivity index (χ1) is 19.6. The highest BCUT2D eigenvalue weighted by Crippen LogP contribution is 2.38. The Morgan fingerprint density at radius 3 is 2.38 bits per heavy atom. The zero-order valence-electron chi connectivity index (χ0n) is 24.3. The van der Waals surface area contributed by atoms with Crippen LogP contribution in [-0.4, -0.2) is 111 Å². The zero-order chi connectivity index (χ0) is 30.9. The summed E-state index contributed by atoms with van der Waals surface area (Å²) >= 11 is 0. The van der Waals surface area contributed by atoms with E-state index >= 15 is 4.39 Å². The smallest absolute Gasteiger partial charge is 0.367 e. The number of nitrogens with zero attached hydrogens (tertiary/aromatic N) is 5. The van der Waals surface area contributed by atoms with Gasteiger partial charge in [0, 0.05) is 56.1 Å². The van der Waals surface area contributed by atoms with Gasteiger partial charge in [0.1, 0.15) is 11.7 Å². The third-order valence-electron chi connectivity index (χ3n) is 7.98. The van der Waals surface area contributed by atoms with Gasteiger partial charge in [-0.25, -0.2) is 9.38 Å². The second kappa shape index (κ2) is 12.3. The molecule has 1 fully saturated rings. The summed E-state index contributed by atoms with van der Waals surface area (Å²) in [5, 5.41) is 2.59. The first kappa shape index (κ1) is 31.4. The summed E-state index contributed by atoms with van der Waals surface area (Å²) in [6.45, 7) is 5.93. The summed E-state index contributed by atoms with van der Waals surface area (Å²) in [5.41, 5.74) is 0.00618. The zero-order valence-corrected chi connectivity index (χ0v) is 24.3. The number of rotatable bonds is 6. The molecule has 4 rings (SSSR count). The van der Waals surface area contributed by atoms with Crippen molar-refractivity contribution < 1.29 is 31.9 Å². The van der Waals surface area contributed by atoms with Gasteiger partial charge in [-0.15, -0.1) is 0 Å². The van der Waals surface area contributed by atoms with E-state index in [1.807, 2.05) is 25.8 Å². The lowest BCUT2D eigenvalue weighted by atomic mass is 9.94. The minimum Gasteiger partial charge on any atom is -0.367 e. The molecule has 3 atom stereocenters. The van der Waals surface area contributed by atoms with Gasteiger partial charge < -0.3 is 20.0 Å². The molecule has 1 saturated heterocycles. The van der Waals surface area contributed by atoms with Crippen LogP contribution in [0.5, 0.6) is 0 Å². The molecule has 0 spiro atoms. The second-order valence-electron chi connectivity index (χ2n) is 11.4. The van der Waals surface area contributed by atoms with Gasteiger partial charge >= 0.3 is 6.18 Å². The molecule has 42 heavy (non-hydrogen) atoms. The Balaban J connectivity index is 1.70. The second-order valence-corrected chi connectivity index (χ2v) is 11.4. The van der Waals surface area contributed by atoms with Gasteiger partial charge in [-0.05, 0) is 59.1 Å². The van der Waals surface area contributed by atoms with Gasteiger partial charge in [0.15, 0.2) is 0 Å². The van der Waals surface area contributed by atoms with E-state index < -0.39 is 35.3 Å². The molecule has 1 N–H and O–H groups in total. The highest BCUT2D eigenvalue weighted by atomic mass is 19.4. The van der Waals surface area contributed by atoms with Crippen LogP contribution >= 0.6 is 0 Å². The summed E-state index contributed by atoms with van der Waals surface area (Å²) in [6, 6.07) is 2.92. The number of amides is 3. The largest absolute Gasteiger partial charge is 0.414 e. The van der Waals surface area contributed by atoms with Crippen molar-refractivity contribution in [2.24, 2.45) is 10.9 Å². The predicted octanol–water partition coefficient (Wildman–Crippen LogP) is 3.19. The van der Waals surface area contributed by atoms with E-state index in [-0.39, 0.29) is 42.3 Å². The number of anilines is 2. The van der Waals surface area contributed by atoms with Gasteiger partial charge in [-0.1, -0.05) is 6.08 Å². The average molecular weight is 593 g/mol. The quantitative estimate of drug-likeness (QED) is 0.511. The Kier molecular flexibility index (Phi) is 9.21. The average Bonchev–Trinajstić information content (AvgIpc) is 2.91. The van der Waals surface area contributed by atoms with Gasteiger partial charge in [-0.2, -0.15) is 13.2 Å². The molecule has 1 aromatic rings. The number of carbonyl (C=O) groups is 3. The summed E-state index contributed by atoms with van der Waals surface area (Å²) < 4.78 is 56.9. The van der Waals surface area contributed by atoms with E-state index in [2.05, 4.69) is 15.2 Å². The van der Waals surface area contributed by atoms with E-state index in [0.717, 1.165) is 0 Å². The maximum atomic E-state index is 15.7. The van der Waals surface area contributed by atoms with Crippen LogP contribution in [0.3, 0.4) is 0 Å². The van der Waals surface area contributed by atoms with Gasteiger partial charge in [0.05, 0.1) is 23.5 Å². The van der Waals surface area contributed by atoms with Crippen LogP contribution in [0.2, 0.25) is 0 Å². The lowest BCUT2D eigenvalue weighted by Gasteiger charge is -2.44. The van der Waals surface area contributed by atoms with Crippen molar-refractivity contribution in [3.63, 3.8) is 0 Å². The number of hydrogen-bond donors (Lipinski definition) is 1. The minimum atomic E-state index is -4.92. The Morgan fingerprint density at radius 1 is 1.14 bits per heavy atom. The van der Waals surface area contributed by atoms with Crippen LogP contribution in [0.1, 0.15) is 25.8 Å². The first-order valence-corrected chi connectivity index (χ1v) is 13.8. The molecule has 0 saturated carbocycles. The molecule has 0 radical (unpaired) electrons. The first-order valence-electron chi connectivity index (χ1n) is 13.8. The number of alkyl halides is 3. The molecule has 0 aliphatic carbocycles. The maximum Gasteiger partial charge on any atom is 0.414 e. The number of carbonyl (C=O) groups excluding carboxylic acids is 3. The molecular weight excluding hydrogens is 556 g/mol. The molecule has 228 valence electrons. The number of piperazine rings is 1. The van der Waals surface area contributed by atoms with Gasteiger partial charge in [0.2, 0.25) is 11.8 Å². The fourth-order valence-corrected chi connectivity index (χ4v) is 5.45. The van der Waals surface area contributed by atoms with Crippen molar-refractivity contribution in [3.8, 4) is 0 Å². The molecule has 3 aliphatic heterocycles. The van der Waals surface area contributed by atoms with Gasteiger partial charge in [0.25, 0.3) is 5.91 Å². The van der Waals surface area contributed by atoms with E-state index in [9.17, 15) is 27.6 Å².